The molecule has 0 aliphatic carbocycles. The van der Waals surface area contributed by atoms with E-state index in [4.69, 9.17) is 9.47 Å². The van der Waals surface area contributed by atoms with Crippen molar-refractivity contribution in [3.05, 3.63) is 12.2 Å². The van der Waals surface area contributed by atoms with E-state index in [1.807, 2.05) is 6.08 Å². The molecule has 0 bridgehead atoms. The number of aliphatic hydroxyl groups excluding tert-OH is 3. The first-order valence-electron chi connectivity index (χ1n) is 17.8. The summed E-state index contributed by atoms with van der Waals surface area (Å²) in [6.45, 7) is 6.25. The molecule has 7 heteroatoms. The van der Waals surface area contributed by atoms with Crippen molar-refractivity contribution in [3.63, 3.8) is 0 Å². The lowest BCUT2D eigenvalue weighted by molar-refractivity contribution is -0.161. The van der Waals surface area contributed by atoms with Gasteiger partial charge in [-0.1, -0.05) is 129 Å². The zero-order valence-corrected chi connectivity index (χ0v) is 28.1. The van der Waals surface area contributed by atoms with Crippen LogP contribution in [0.3, 0.4) is 0 Å². The summed E-state index contributed by atoms with van der Waals surface area (Å²) in [4.78, 5) is 24.2. The van der Waals surface area contributed by atoms with Crippen LogP contribution in [0.15, 0.2) is 12.2 Å². The molecule has 0 aliphatic rings. The average Bonchev–Trinajstić information content (AvgIpc) is 2.98. The van der Waals surface area contributed by atoms with E-state index in [0.29, 0.717) is 25.7 Å². The minimum atomic E-state index is -0.823. The number of hydrogen-bond donors (Lipinski definition) is 3. The van der Waals surface area contributed by atoms with Gasteiger partial charge in [0.1, 0.15) is 6.61 Å². The third-order valence-electron chi connectivity index (χ3n) is 7.94. The number of carbonyl (C=O) groups excluding carboxylic acids is 2. The van der Waals surface area contributed by atoms with E-state index in [9.17, 15) is 24.9 Å². The van der Waals surface area contributed by atoms with Gasteiger partial charge in [0.2, 0.25) is 0 Å². The molecule has 0 aromatic rings. The van der Waals surface area contributed by atoms with Crippen molar-refractivity contribution in [1.29, 1.82) is 0 Å². The minimum Gasteiger partial charge on any atom is -0.462 e. The Bertz CT molecular complexity index is 664. The first-order chi connectivity index (χ1) is 20.8. The quantitative estimate of drug-likeness (QED) is 0.0409. The maximum Gasteiger partial charge on any atom is 0.306 e. The molecule has 7 nitrogen and oxygen atoms in total. The van der Waals surface area contributed by atoms with Gasteiger partial charge in [0.25, 0.3) is 0 Å². The monoisotopic (exact) mass is 612 g/mol. The summed E-state index contributed by atoms with van der Waals surface area (Å²) in [5.74, 6) is 0.105. The van der Waals surface area contributed by atoms with Crippen LogP contribution in [0.1, 0.15) is 168 Å². The van der Waals surface area contributed by atoms with Crippen molar-refractivity contribution in [1.82, 2.24) is 0 Å². The van der Waals surface area contributed by atoms with E-state index in [2.05, 4.69) is 26.8 Å². The second-order valence-electron chi connectivity index (χ2n) is 12.7. The highest BCUT2D eigenvalue weighted by Crippen LogP contribution is 2.15. The summed E-state index contributed by atoms with van der Waals surface area (Å²) in [6, 6.07) is 0. The summed E-state index contributed by atoms with van der Waals surface area (Å²) < 4.78 is 10.5. The Morgan fingerprint density at radius 1 is 0.651 bits per heavy atom. The molecule has 0 aromatic carbocycles. The van der Waals surface area contributed by atoms with Crippen LogP contribution < -0.4 is 0 Å². The SMILES string of the molecule is CCCCC/C=C\C[C@H](O)[C@@H](O)CCCCCCCC(=O)O[C@@H](CO)COC(=O)CCCCCCCCCCCC(C)C. The topological polar surface area (TPSA) is 113 Å². The van der Waals surface area contributed by atoms with Crippen LogP contribution in [0.4, 0.5) is 0 Å². The second kappa shape index (κ2) is 30.6. The lowest BCUT2D eigenvalue weighted by Crippen LogP contribution is -2.28. The van der Waals surface area contributed by atoms with E-state index < -0.39 is 24.3 Å². The van der Waals surface area contributed by atoms with Gasteiger partial charge >= 0.3 is 11.9 Å². The van der Waals surface area contributed by atoms with Gasteiger partial charge in [-0.2, -0.15) is 0 Å². The molecular weight excluding hydrogens is 544 g/mol. The molecule has 0 amide bonds. The lowest BCUT2D eigenvalue weighted by atomic mass is 10.0. The molecule has 3 N–H and O–H groups in total. The van der Waals surface area contributed by atoms with Gasteiger partial charge in [0, 0.05) is 12.8 Å². The number of allylic oxidation sites excluding steroid dienone is 1. The molecule has 43 heavy (non-hydrogen) atoms. The molecule has 0 radical (unpaired) electrons. The standard InChI is InChI=1S/C36H68O7/c1-4-5-6-7-15-20-25-33(38)34(39)26-21-16-13-18-23-28-36(41)43-32(29-37)30-42-35(40)27-22-17-12-10-8-9-11-14-19-24-31(2)3/h15,20,31-34,37-39H,4-14,16-19,21-30H2,1-3H3/b20-15-/t32-,33-,34-/m0/s1. The van der Waals surface area contributed by atoms with E-state index in [-0.39, 0.29) is 25.6 Å². The van der Waals surface area contributed by atoms with Crippen LogP contribution in [0, 0.1) is 5.92 Å². The molecule has 0 aromatic heterocycles. The highest BCUT2D eigenvalue weighted by atomic mass is 16.6. The highest BCUT2D eigenvalue weighted by molar-refractivity contribution is 5.70. The Labute approximate surface area is 264 Å². The van der Waals surface area contributed by atoms with Crippen LogP contribution in [0.2, 0.25) is 0 Å². The number of rotatable bonds is 31. The summed E-state index contributed by atoms with van der Waals surface area (Å²) >= 11 is 0. The van der Waals surface area contributed by atoms with Crippen molar-refractivity contribution in [3.8, 4) is 0 Å². The molecule has 0 spiro atoms. The molecule has 254 valence electrons. The Kier molecular flexibility index (Phi) is 29.6. The van der Waals surface area contributed by atoms with Gasteiger partial charge in [-0.25, -0.2) is 0 Å². The van der Waals surface area contributed by atoms with Crippen molar-refractivity contribution in [2.75, 3.05) is 13.2 Å². The molecule has 0 unspecified atom stereocenters. The predicted molar refractivity (Wildman–Crippen MR) is 176 cm³/mol. The third kappa shape index (κ3) is 29.1. The third-order valence-corrected chi connectivity index (χ3v) is 7.94. The van der Waals surface area contributed by atoms with Crippen molar-refractivity contribution in [2.24, 2.45) is 5.92 Å². The number of unbranched alkanes of at least 4 members (excludes halogenated alkanes) is 15. The molecule has 0 saturated heterocycles. The number of esters is 2. The number of aliphatic hydroxyl groups is 3. The van der Waals surface area contributed by atoms with Gasteiger partial charge in [-0.05, 0) is 44.4 Å². The summed E-state index contributed by atoms with van der Waals surface area (Å²) in [5, 5.41) is 29.7. The zero-order valence-electron chi connectivity index (χ0n) is 28.1. The Morgan fingerprint density at radius 3 is 1.74 bits per heavy atom. The van der Waals surface area contributed by atoms with Crippen LogP contribution in [0.5, 0.6) is 0 Å². The Morgan fingerprint density at radius 2 is 1.19 bits per heavy atom. The van der Waals surface area contributed by atoms with Crippen molar-refractivity contribution in [2.45, 2.75) is 187 Å². The molecule has 0 fully saturated rings. The fourth-order valence-electron chi connectivity index (χ4n) is 5.05. The van der Waals surface area contributed by atoms with Gasteiger partial charge in [-0.15, -0.1) is 0 Å². The largest absolute Gasteiger partial charge is 0.462 e. The first-order valence-corrected chi connectivity index (χ1v) is 17.8. The Hall–Kier alpha value is -1.44. The van der Waals surface area contributed by atoms with Gasteiger partial charge in [-0.3, -0.25) is 9.59 Å². The smallest absolute Gasteiger partial charge is 0.306 e. The number of carbonyl (C=O) groups is 2. The molecular formula is C36H68O7. The summed E-state index contributed by atoms with van der Waals surface area (Å²) in [7, 11) is 0. The van der Waals surface area contributed by atoms with Gasteiger partial charge in [0.15, 0.2) is 6.10 Å². The van der Waals surface area contributed by atoms with E-state index in [0.717, 1.165) is 57.3 Å². The second-order valence-corrected chi connectivity index (χ2v) is 12.7. The van der Waals surface area contributed by atoms with Crippen LogP contribution in [-0.4, -0.2) is 58.8 Å². The predicted octanol–water partition coefficient (Wildman–Crippen LogP) is 8.36. The molecule has 0 heterocycles. The van der Waals surface area contributed by atoms with Crippen LogP contribution >= 0.6 is 0 Å². The maximum absolute atomic E-state index is 12.1. The van der Waals surface area contributed by atoms with Gasteiger partial charge in [0.05, 0.1) is 18.8 Å². The summed E-state index contributed by atoms with van der Waals surface area (Å²) in [5.41, 5.74) is 0. The minimum absolute atomic E-state index is 0.110. The Balaban J connectivity index is 3.71. The lowest BCUT2D eigenvalue weighted by Gasteiger charge is -2.16. The molecule has 0 rings (SSSR count). The van der Waals surface area contributed by atoms with Crippen molar-refractivity contribution < 1.29 is 34.4 Å². The molecule has 0 saturated carbocycles. The average molecular weight is 613 g/mol. The molecule has 0 aliphatic heterocycles. The van der Waals surface area contributed by atoms with E-state index in [1.165, 1.54) is 64.2 Å². The maximum atomic E-state index is 12.1. The van der Waals surface area contributed by atoms with Crippen LogP contribution in [0.25, 0.3) is 0 Å². The fraction of sp³-hybridized carbons (Fsp3) is 0.889. The van der Waals surface area contributed by atoms with Crippen LogP contribution in [-0.2, 0) is 19.1 Å². The summed E-state index contributed by atoms with van der Waals surface area (Å²) in [6.07, 6.45) is 24.4. The number of ether oxygens (including phenoxy) is 2. The highest BCUT2D eigenvalue weighted by Gasteiger charge is 2.16. The normalized spacial score (nSPS) is 13.8. The molecule has 3 atom stereocenters. The van der Waals surface area contributed by atoms with E-state index >= 15 is 0 Å². The zero-order chi connectivity index (χ0) is 32.0. The first kappa shape index (κ1) is 41.6. The van der Waals surface area contributed by atoms with Gasteiger partial charge < -0.3 is 24.8 Å². The fourth-order valence-corrected chi connectivity index (χ4v) is 5.05. The van der Waals surface area contributed by atoms with E-state index in [1.54, 1.807) is 0 Å². The number of hydrogen-bond acceptors (Lipinski definition) is 7. The van der Waals surface area contributed by atoms with Crippen molar-refractivity contribution >= 4 is 11.9 Å².